The lowest BCUT2D eigenvalue weighted by molar-refractivity contribution is -0.140. The van der Waals surface area contributed by atoms with Gasteiger partial charge in [0, 0.05) is 5.75 Å². The van der Waals surface area contributed by atoms with Crippen molar-refractivity contribution in [2.75, 3.05) is 12.4 Å². The van der Waals surface area contributed by atoms with E-state index in [1.54, 1.807) is 11.8 Å². The molecule has 0 amide bonds. The highest BCUT2D eigenvalue weighted by Gasteiger charge is 2.27. The number of hydrogen-bond donors (Lipinski definition) is 0. The summed E-state index contributed by atoms with van der Waals surface area (Å²) in [6, 6.07) is 0. The molecule has 2 aliphatic heterocycles. The Kier molecular flexibility index (Phi) is 1.94. The Hall–Kier alpha value is -0.375. The first-order chi connectivity index (χ1) is 5.36. The summed E-state index contributed by atoms with van der Waals surface area (Å²) in [4.78, 5) is 12.3. The standard InChI is InChI=1S/C7H8BO2S/c9-7-5(1-2-10-7)4-11-6-3-8-6/h3,5H,1-2,4H2. The lowest BCUT2D eigenvalue weighted by Gasteiger charge is -2.01. The third-order valence-corrected chi connectivity index (χ3v) is 2.97. The molecule has 1 atom stereocenters. The molecular weight excluding hydrogens is 159 g/mol. The average Bonchev–Trinajstić information content (AvgIpc) is 2.73. The second-order valence-electron chi connectivity index (χ2n) is 2.70. The van der Waals surface area contributed by atoms with Crippen molar-refractivity contribution in [2.45, 2.75) is 6.42 Å². The summed E-state index contributed by atoms with van der Waals surface area (Å²) in [5.74, 6) is 3.08. The van der Waals surface area contributed by atoms with Gasteiger partial charge in [0.2, 0.25) is 0 Å². The number of carbonyl (C=O) groups excluding carboxylic acids is 1. The van der Waals surface area contributed by atoms with Crippen LogP contribution in [0.15, 0.2) is 10.8 Å². The third-order valence-electron chi connectivity index (χ3n) is 1.80. The van der Waals surface area contributed by atoms with Crippen LogP contribution in [0.4, 0.5) is 0 Å². The zero-order valence-electron chi connectivity index (χ0n) is 6.08. The van der Waals surface area contributed by atoms with Gasteiger partial charge in [-0.1, -0.05) is 4.80 Å². The molecule has 4 heteroatoms. The highest BCUT2D eigenvalue weighted by Crippen LogP contribution is 2.28. The Bertz CT molecular complexity index is 214. The normalized spacial score (nSPS) is 27.5. The van der Waals surface area contributed by atoms with Gasteiger partial charge in [0.1, 0.15) is 0 Å². The van der Waals surface area contributed by atoms with Crippen LogP contribution in [0.3, 0.4) is 0 Å². The average molecular weight is 167 g/mol. The fourth-order valence-electron chi connectivity index (χ4n) is 1.02. The summed E-state index contributed by atoms with van der Waals surface area (Å²) in [5.41, 5.74) is 0. The highest BCUT2D eigenvalue weighted by molar-refractivity contribution is 8.05. The molecular formula is C7H8BO2S. The van der Waals surface area contributed by atoms with Crippen molar-refractivity contribution in [3.8, 4) is 0 Å². The number of rotatable bonds is 3. The van der Waals surface area contributed by atoms with Crippen LogP contribution in [0, 0.1) is 5.92 Å². The molecule has 2 rings (SSSR count). The minimum atomic E-state index is -0.0150. The van der Waals surface area contributed by atoms with Crippen molar-refractivity contribution >= 4 is 25.0 Å². The highest BCUT2D eigenvalue weighted by atomic mass is 32.2. The van der Waals surface area contributed by atoms with E-state index in [4.69, 9.17) is 4.74 Å². The monoisotopic (exact) mass is 167 g/mol. The summed E-state index contributed by atoms with van der Waals surface area (Å²) < 4.78 is 4.84. The van der Waals surface area contributed by atoms with Crippen molar-refractivity contribution in [1.29, 1.82) is 0 Å². The number of ether oxygens (including phenoxy) is 1. The molecule has 0 saturated carbocycles. The maximum Gasteiger partial charge on any atom is 0.309 e. The van der Waals surface area contributed by atoms with E-state index in [1.165, 1.54) is 4.80 Å². The van der Waals surface area contributed by atoms with Crippen molar-refractivity contribution in [2.24, 2.45) is 5.92 Å². The Morgan fingerprint density at radius 3 is 3.18 bits per heavy atom. The zero-order chi connectivity index (χ0) is 7.68. The summed E-state index contributed by atoms with van der Waals surface area (Å²) in [5, 5.41) is 0. The first kappa shape index (κ1) is 7.28. The van der Waals surface area contributed by atoms with Gasteiger partial charge < -0.3 is 4.74 Å². The summed E-state index contributed by atoms with van der Waals surface area (Å²) in [6.07, 6.45) is 0.902. The van der Waals surface area contributed by atoms with E-state index in [-0.39, 0.29) is 11.9 Å². The van der Waals surface area contributed by atoms with Gasteiger partial charge in [0.05, 0.1) is 12.5 Å². The van der Waals surface area contributed by atoms with E-state index in [0.29, 0.717) is 6.61 Å². The smallest absolute Gasteiger partial charge is 0.309 e. The lowest BCUT2D eigenvalue weighted by atomic mass is 10.1. The van der Waals surface area contributed by atoms with E-state index in [2.05, 4.69) is 13.3 Å². The largest absolute Gasteiger partial charge is 0.465 e. The van der Waals surface area contributed by atoms with Gasteiger partial charge in [-0.2, -0.15) is 0 Å². The molecule has 1 saturated heterocycles. The fourth-order valence-corrected chi connectivity index (χ4v) is 1.97. The van der Waals surface area contributed by atoms with Crippen LogP contribution < -0.4 is 0 Å². The topological polar surface area (TPSA) is 26.3 Å². The number of esters is 1. The van der Waals surface area contributed by atoms with Crippen LogP contribution in [-0.4, -0.2) is 25.6 Å². The lowest BCUT2D eigenvalue weighted by Crippen LogP contribution is -2.09. The first-order valence-corrected chi connectivity index (χ1v) is 4.69. The molecule has 0 N–H and O–H groups in total. The van der Waals surface area contributed by atoms with Crippen LogP contribution in [0.25, 0.3) is 0 Å². The van der Waals surface area contributed by atoms with Gasteiger partial charge in [-0.15, -0.1) is 17.7 Å². The number of carbonyl (C=O) groups is 1. The maximum absolute atomic E-state index is 10.9. The minimum Gasteiger partial charge on any atom is -0.465 e. The van der Waals surface area contributed by atoms with Crippen molar-refractivity contribution in [3.63, 3.8) is 0 Å². The molecule has 0 spiro atoms. The Morgan fingerprint density at radius 2 is 2.64 bits per heavy atom. The van der Waals surface area contributed by atoms with E-state index in [0.717, 1.165) is 12.2 Å². The van der Waals surface area contributed by atoms with Gasteiger partial charge in [-0.3, -0.25) is 4.79 Å². The molecule has 0 aromatic rings. The number of cyclic esters (lactones) is 1. The molecule has 1 fully saturated rings. The quantitative estimate of drug-likeness (QED) is 0.459. The minimum absolute atomic E-state index is 0.0150. The fraction of sp³-hybridized carbons (Fsp3) is 0.571. The van der Waals surface area contributed by atoms with Crippen LogP contribution in [0.1, 0.15) is 6.42 Å². The second kappa shape index (κ2) is 2.93. The molecule has 1 unspecified atom stereocenters. The number of hydrogen-bond acceptors (Lipinski definition) is 3. The molecule has 0 bridgehead atoms. The van der Waals surface area contributed by atoms with Gasteiger partial charge in [0.25, 0.3) is 0 Å². The van der Waals surface area contributed by atoms with Gasteiger partial charge in [-0.05, 0) is 6.42 Å². The molecule has 0 aromatic carbocycles. The Labute approximate surface area is 70.6 Å². The molecule has 2 nitrogen and oxygen atoms in total. The molecule has 0 aromatic heterocycles. The van der Waals surface area contributed by atoms with E-state index in [9.17, 15) is 4.79 Å². The van der Waals surface area contributed by atoms with Gasteiger partial charge in [0.15, 0.2) is 7.28 Å². The molecule has 1 radical (unpaired) electrons. The summed E-state index contributed by atoms with van der Waals surface area (Å²) in [7, 11) is 2.06. The van der Waals surface area contributed by atoms with Crippen molar-refractivity contribution in [3.05, 3.63) is 10.8 Å². The zero-order valence-corrected chi connectivity index (χ0v) is 6.89. The van der Waals surface area contributed by atoms with Crippen molar-refractivity contribution < 1.29 is 9.53 Å². The predicted octanol–water partition coefficient (Wildman–Crippen LogP) is 0.799. The van der Waals surface area contributed by atoms with Crippen LogP contribution in [0.2, 0.25) is 0 Å². The van der Waals surface area contributed by atoms with Gasteiger partial charge >= 0.3 is 5.97 Å². The predicted molar refractivity (Wildman–Crippen MR) is 45.4 cm³/mol. The summed E-state index contributed by atoms with van der Waals surface area (Å²) in [6.45, 7) is 0.618. The SMILES string of the molecule is O=C1OCCC1CSC1=C[B]1. The molecule has 11 heavy (non-hydrogen) atoms. The Balaban J connectivity index is 1.75. The van der Waals surface area contributed by atoms with Crippen LogP contribution in [-0.2, 0) is 9.53 Å². The summed E-state index contributed by atoms with van der Waals surface area (Å²) >= 11 is 1.75. The molecule has 0 aliphatic carbocycles. The maximum atomic E-state index is 10.9. The first-order valence-electron chi connectivity index (χ1n) is 3.71. The molecule has 2 heterocycles. The van der Waals surface area contributed by atoms with Gasteiger partial charge in [-0.25, -0.2) is 0 Å². The van der Waals surface area contributed by atoms with Crippen molar-refractivity contribution in [1.82, 2.24) is 0 Å². The Morgan fingerprint density at radius 1 is 1.82 bits per heavy atom. The van der Waals surface area contributed by atoms with Crippen LogP contribution in [0.5, 0.6) is 0 Å². The van der Waals surface area contributed by atoms with E-state index >= 15 is 0 Å². The second-order valence-corrected chi connectivity index (χ2v) is 3.79. The van der Waals surface area contributed by atoms with E-state index in [1.807, 2.05) is 0 Å². The number of thioether (sulfide) groups is 1. The molecule has 2 aliphatic rings. The van der Waals surface area contributed by atoms with Crippen LogP contribution >= 0.6 is 11.8 Å². The third kappa shape index (κ3) is 1.80. The molecule has 57 valence electrons. The van der Waals surface area contributed by atoms with E-state index < -0.39 is 0 Å².